The molecular formula is C17H32N2O2. The van der Waals surface area contributed by atoms with Crippen molar-refractivity contribution in [2.45, 2.75) is 83.9 Å². The number of hydrogen-bond donors (Lipinski definition) is 1. The highest BCUT2D eigenvalue weighted by atomic mass is 16.6. The summed E-state index contributed by atoms with van der Waals surface area (Å²) in [6.45, 7) is 10.2. The summed E-state index contributed by atoms with van der Waals surface area (Å²) in [5, 5.41) is 3.09. The minimum absolute atomic E-state index is 0.246. The summed E-state index contributed by atoms with van der Waals surface area (Å²) in [7, 11) is 0. The fourth-order valence-electron chi connectivity index (χ4n) is 3.26. The van der Waals surface area contributed by atoms with E-state index in [1.807, 2.05) is 20.8 Å². The van der Waals surface area contributed by atoms with Crippen molar-refractivity contribution in [1.82, 2.24) is 10.2 Å². The Morgan fingerprint density at radius 1 is 1.29 bits per heavy atom. The molecule has 1 aliphatic heterocycles. The Labute approximate surface area is 129 Å². The van der Waals surface area contributed by atoms with Crippen molar-refractivity contribution in [2.75, 3.05) is 13.1 Å². The average molecular weight is 296 g/mol. The van der Waals surface area contributed by atoms with Crippen LogP contribution in [0.4, 0.5) is 4.79 Å². The number of carbonyl (C=O) groups is 1. The van der Waals surface area contributed by atoms with Crippen molar-refractivity contribution in [1.29, 1.82) is 0 Å². The van der Waals surface area contributed by atoms with Crippen molar-refractivity contribution in [3.63, 3.8) is 0 Å². The van der Waals surface area contributed by atoms with Crippen LogP contribution >= 0.6 is 0 Å². The zero-order valence-electron chi connectivity index (χ0n) is 14.2. The van der Waals surface area contributed by atoms with Crippen molar-refractivity contribution >= 4 is 6.09 Å². The quantitative estimate of drug-likeness (QED) is 0.843. The Kier molecular flexibility index (Phi) is 5.53. The summed E-state index contributed by atoms with van der Waals surface area (Å²) < 4.78 is 5.40. The van der Waals surface area contributed by atoms with E-state index in [-0.39, 0.29) is 12.1 Å². The topological polar surface area (TPSA) is 41.6 Å². The van der Waals surface area contributed by atoms with Gasteiger partial charge in [-0.1, -0.05) is 19.8 Å². The normalized spacial score (nSPS) is 27.4. The molecule has 0 spiro atoms. The number of unbranched alkanes of at least 4 members (excludes halogenated alkanes) is 1. The molecule has 2 unspecified atom stereocenters. The van der Waals surface area contributed by atoms with Gasteiger partial charge in [0.1, 0.15) is 5.60 Å². The SMILES string of the molecule is CCCCC1CC(NC(=O)OC(C)(C)C)CN(C2CC2)C1. The minimum Gasteiger partial charge on any atom is -0.444 e. The van der Waals surface area contributed by atoms with Crippen LogP contribution in [0, 0.1) is 5.92 Å². The molecule has 1 N–H and O–H groups in total. The molecule has 0 aromatic heterocycles. The van der Waals surface area contributed by atoms with E-state index in [0.717, 1.165) is 24.9 Å². The molecule has 2 aliphatic rings. The van der Waals surface area contributed by atoms with Crippen LogP contribution in [0.15, 0.2) is 0 Å². The van der Waals surface area contributed by atoms with E-state index in [0.29, 0.717) is 0 Å². The molecule has 1 aliphatic carbocycles. The molecule has 2 fully saturated rings. The molecule has 4 heteroatoms. The van der Waals surface area contributed by atoms with Gasteiger partial charge in [-0.05, 0) is 52.4 Å². The fourth-order valence-corrected chi connectivity index (χ4v) is 3.26. The minimum atomic E-state index is -0.420. The molecule has 0 bridgehead atoms. The van der Waals surface area contributed by atoms with Crippen LogP contribution in [-0.2, 0) is 4.74 Å². The molecule has 1 heterocycles. The van der Waals surface area contributed by atoms with Crippen LogP contribution in [0.25, 0.3) is 0 Å². The Morgan fingerprint density at radius 3 is 2.57 bits per heavy atom. The smallest absolute Gasteiger partial charge is 0.407 e. The van der Waals surface area contributed by atoms with E-state index in [1.165, 1.54) is 38.6 Å². The summed E-state index contributed by atoms with van der Waals surface area (Å²) in [6.07, 6.45) is 7.33. The highest BCUT2D eigenvalue weighted by molar-refractivity contribution is 5.68. The van der Waals surface area contributed by atoms with Crippen LogP contribution in [0.2, 0.25) is 0 Å². The van der Waals surface area contributed by atoms with Gasteiger partial charge in [0.2, 0.25) is 0 Å². The van der Waals surface area contributed by atoms with Crippen LogP contribution in [0.1, 0.15) is 66.2 Å². The third-order valence-corrected chi connectivity index (χ3v) is 4.32. The molecule has 1 amide bonds. The predicted molar refractivity (Wildman–Crippen MR) is 85.4 cm³/mol. The number of hydrogen-bond acceptors (Lipinski definition) is 3. The first kappa shape index (κ1) is 16.6. The monoisotopic (exact) mass is 296 g/mol. The Balaban J connectivity index is 1.86. The predicted octanol–water partition coefficient (Wildman–Crippen LogP) is 3.55. The molecule has 0 aromatic carbocycles. The van der Waals surface area contributed by atoms with Gasteiger partial charge in [-0.25, -0.2) is 4.79 Å². The number of piperidine rings is 1. The van der Waals surface area contributed by atoms with Gasteiger partial charge < -0.3 is 10.1 Å². The Bertz CT molecular complexity index is 347. The van der Waals surface area contributed by atoms with Crippen molar-refractivity contribution in [3.05, 3.63) is 0 Å². The van der Waals surface area contributed by atoms with E-state index in [4.69, 9.17) is 4.74 Å². The maximum absolute atomic E-state index is 12.0. The first-order chi connectivity index (χ1) is 9.87. The summed E-state index contributed by atoms with van der Waals surface area (Å²) in [5.74, 6) is 0.722. The lowest BCUT2D eigenvalue weighted by Crippen LogP contribution is -2.52. The number of carbonyl (C=O) groups excluding carboxylic acids is 1. The molecule has 21 heavy (non-hydrogen) atoms. The fraction of sp³-hybridized carbons (Fsp3) is 0.941. The number of amides is 1. The second kappa shape index (κ2) is 6.99. The zero-order valence-corrected chi connectivity index (χ0v) is 14.2. The maximum atomic E-state index is 12.0. The van der Waals surface area contributed by atoms with Crippen LogP contribution in [-0.4, -0.2) is 41.8 Å². The molecule has 1 saturated heterocycles. The number of likely N-dealkylation sites (tertiary alicyclic amines) is 1. The van der Waals surface area contributed by atoms with E-state index >= 15 is 0 Å². The van der Waals surface area contributed by atoms with Gasteiger partial charge in [-0.2, -0.15) is 0 Å². The number of nitrogens with one attached hydrogen (secondary N) is 1. The van der Waals surface area contributed by atoms with Crippen LogP contribution in [0.3, 0.4) is 0 Å². The van der Waals surface area contributed by atoms with Gasteiger partial charge in [-0.15, -0.1) is 0 Å². The molecule has 122 valence electrons. The lowest BCUT2D eigenvalue weighted by Gasteiger charge is -2.38. The molecule has 1 saturated carbocycles. The molecule has 0 radical (unpaired) electrons. The van der Waals surface area contributed by atoms with Gasteiger partial charge in [0.05, 0.1) is 0 Å². The molecular weight excluding hydrogens is 264 g/mol. The molecule has 4 nitrogen and oxygen atoms in total. The van der Waals surface area contributed by atoms with Gasteiger partial charge in [0.15, 0.2) is 0 Å². The molecule has 2 atom stereocenters. The summed E-state index contributed by atoms with van der Waals surface area (Å²) >= 11 is 0. The Hall–Kier alpha value is -0.770. The zero-order chi connectivity index (χ0) is 15.5. The first-order valence-electron chi connectivity index (χ1n) is 8.61. The molecule has 0 aromatic rings. The lowest BCUT2D eigenvalue weighted by atomic mass is 9.90. The largest absolute Gasteiger partial charge is 0.444 e. The van der Waals surface area contributed by atoms with Gasteiger partial charge >= 0.3 is 6.09 Å². The number of nitrogens with zero attached hydrogens (tertiary/aromatic N) is 1. The molecule has 2 rings (SSSR count). The lowest BCUT2D eigenvalue weighted by molar-refractivity contribution is 0.0439. The second-order valence-corrected chi connectivity index (χ2v) is 7.77. The standard InChI is InChI=1S/C17H32N2O2/c1-5-6-7-13-10-14(12-19(11-13)15-8-9-15)18-16(20)21-17(2,3)4/h13-15H,5-12H2,1-4H3,(H,18,20). The van der Waals surface area contributed by atoms with Crippen molar-refractivity contribution in [3.8, 4) is 0 Å². The summed E-state index contributed by atoms with van der Waals surface area (Å²) in [4.78, 5) is 14.6. The van der Waals surface area contributed by atoms with Gasteiger partial charge in [0, 0.05) is 25.2 Å². The van der Waals surface area contributed by atoms with Crippen molar-refractivity contribution in [2.24, 2.45) is 5.92 Å². The van der Waals surface area contributed by atoms with Crippen LogP contribution in [0.5, 0.6) is 0 Å². The van der Waals surface area contributed by atoms with Gasteiger partial charge in [0.25, 0.3) is 0 Å². The van der Waals surface area contributed by atoms with Crippen LogP contribution < -0.4 is 5.32 Å². The third kappa shape index (κ3) is 5.85. The summed E-state index contributed by atoms with van der Waals surface area (Å²) in [5.41, 5.74) is -0.420. The first-order valence-corrected chi connectivity index (χ1v) is 8.61. The second-order valence-electron chi connectivity index (χ2n) is 7.77. The maximum Gasteiger partial charge on any atom is 0.407 e. The van der Waals surface area contributed by atoms with E-state index in [9.17, 15) is 4.79 Å². The number of rotatable bonds is 5. The summed E-state index contributed by atoms with van der Waals surface area (Å²) in [6, 6.07) is 1.02. The third-order valence-electron chi connectivity index (χ3n) is 4.32. The average Bonchev–Trinajstić information content (AvgIpc) is 3.17. The van der Waals surface area contributed by atoms with E-state index in [1.54, 1.807) is 0 Å². The van der Waals surface area contributed by atoms with Gasteiger partial charge in [-0.3, -0.25) is 4.90 Å². The van der Waals surface area contributed by atoms with E-state index in [2.05, 4.69) is 17.1 Å². The Morgan fingerprint density at radius 2 is 2.00 bits per heavy atom. The highest BCUT2D eigenvalue weighted by Gasteiger charge is 2.36. The number of ether oxygens (including phenoxy) is 1. The number of alkyl carbamates (subject to hydrolysis) is 1. The van der Waals surface area contributed by atoms with E-state index < -0.39 is 5.60 Å². The highest BCUT2D eigenvalue weighted by Crippen LogP contribution is 2.32. The van der Waals surface area contributed by atoms with Crippen molar-refractivity contribution < 1.29 is 9.53 Å².